The molecule has 0 amide bonds. The number of oxazole rings is 1. The number of aryl methyl sites for hydroxylation is 2. The van der Waals surface area contributed by atoms with Crippen LogP contribution in [0.15, 0.2) is 40.1 Å². The molecular weight excluding hydrogens is 436 g/mol. The topological polar surface area (TPSA) is 64.8 Å². The third-order valence-electron chi connectivity index (χ3n) is 6.03. The number of hydrogen-bond donors (Lipinski definition) is 0. The third kappa shape index (κ3) is 5.84. The minimum absolute atomic E-state index is 0.0169. The Morgan fingerprint density at radius 2 is 2.18 bits per heavy atom. The number of likely N-dealkylation sites (tertiary alicyclic amines) is 1. The van der Waals surface area contributed by atoms with Gasteiger partial charge in [-0.2, -0.15) is 0 Å². The molecular formula is C26H32N2O4S. The van der Waals surface area contributed by atoms with E-state index in [1.165, 1.54) is 11.1 Å². The van der Waals surface area contributed by atoms with Gasteiger partial charge in [-0.05, 0) is 68.3 Å². The van der Waals surface area contributed by atoms with Gasteiger partial charge in [0.25, 0.3) is 0 Å². The minimum Gasteiger partial charge on any atom is -0.487 e. The van der Waals surface area contributed by atoms with Gasteiger partial charge < -0.3 is 13.9 Å². The van der Waals surface area contributed by atoms with Crippen LogP contribution in [0.1, 0.15) is 49.3 Å². The quantitative estimate of drug-likeness (QED) is 0.379. The van der Waals surface area contributed by atoms with Crippen molar-refractivity contribution in [1.82, 2.24) is 9.88 Å². The Morgan fingerprint density at radius 3 is 2.94 bits per heavy atom. The largest absolute Gasteiger partial charge is 0.487 e. The van der Waals surface area contributed by atoms with Crippen molar-refractivity contribution in [3.05, 3.63) is 58.3 Å². The maximum Gasteiger partial charge on any atom is 0.310 e. The van der Waals surface area contributed by atoms with Crippen LogP contribution in [0.4, 0.5) is 0 Å². The van der Waals surface area contributed by atoms with E-state index < -0.39 is 0 Å². The number of hydrogen-bond acceptors (Lipinski definition) is 7. The molecule has 6 nitrogen and oxygen atoms in total. The second-order valence-corrected chi connectivity index (χ2v) is 9.36. The van der Waals surface area contributed by atoms with Crippen LogP contribution < -0.4 is 4.74 Å². The summed E-state index contributed by atoms with van der Waals surface area (Å²) in [6, 6.07) is 10.4. The fourth-order valence-electron chi connectivity index (χ4n) is 4.27. The summed E-state index contributed by atoms with van der Waals surface area (Å²) in [6.07, 6.45) is 2.82. The van der Waals surface area contributed by atoms with E-state index in [9.17, 15) is 4.79 Å². The highest BCUT2D eigenvalue weighted by atomic mass is 32.1. The molecule has 3 aromatic rings. The van der Waals surface area contributed by atoms with Crippen molar-refractivity contribution in [1.29, 1.82) is 0 Å². The number of aromatic nitrogens is 1. The Hall–Kier alpha value is -2.64. The van der Waals surface area contributed by atoms with Gasteiger partial charge in [0, 0.05) is 13.1 Å². The van der Waals surface area contributed by atoms with Gasteiger partial charge in [-0.15, -0.1) is 11.3 Å². The first-order chi connectivity index (χ1) is 16.1. The first-order valence-electron chi connectivity index (χ1n) is 11.7. The van der Waals surface area contributed by atoms with Gasteiger partial charge in [-0.1, -0.05) is 25.1 Å². The van der Waals surface area contributed by atoms with E-state index in [1.54, 1.807) is 11.3 Å². The van der Waals surface area contributed by atoms with Crippen molar-refractivity contribution in [2.45, 2.75) is 53.2 Å². The molecule has 33 heavy (non-hydrogen) atoms. The minimum atomic E-state index is -0.0643. The van der Waals surface area contributed by atoms with E-state index in [1.807, 2.05) is 31.4 Å². The molecule has 1 aromatic carbocycles. The van der Waals surface area contributed by atoms with Crippen molar-refractivity contribution in [3.63, 3.8) is 0 Å². The zero-order chi connectivity index (χ0) is 23.2. The first kappa shape index (κ1) is 23.5. The average Bonchev–Trinajstić information content (AvgIpc) is 3.48. The van der Waals surface area contributed by atoms with Gasteiger partial charge in [-0.3, -0.25) is 9.69 Å². The fraction of sp³-hybridized carbons (Fsp3) is 0.462. The molecule has 0 spiro atoms. The van der Waals surface area contributed by atoms with E-state index in [-0.39, 0.29) is 11.9 Å². The Morgan fingerprint density at radius 1 is 1.30 bits per heavy atom. The predicted molar refractivity (Wildman–Crippen MR) is 129 cm³/mol. The molecule has 2 aromatic heterocycles. The van der Waals surface area contributed by atoms with Gasteiger partial charge in [-0.25, -0.2) is 4.98 Å². The fourth-order valence-corrected chi connectivity index (χ4v) is 4.92. The van der Waals surface area contributed by atoms with Crippen LogP contribution in [0.25, 0.3) is 10.8 Å². The van der Waals surface area contributed by atoms with Gasteiger partial charge in [0.05, 0.1) is 17.4 Å². The number of ether oxygens (including phenoxy) is 2. The van der Waals surface area contributed by atoms with Crippen LogP contribution >= 0.6 is 11.3 Å². The molecule has 1 atom stereocenters. The molecule has 1 fully saturated rings. The summed E-state index contributed by atoms with van der Waals surface area (Å²) in [7, 11) is 0. The lowest BCUT2D eigenvalue weighted by Gasteiger charge is -2.31. The predicted octanol–water partition coefficient (Wildman–Crippen LogP) is 5.63. The summed E-state index contributed by atoms with van der Waals surface area (Å²) >= 11 is 1.61. The normalized spacial score (nSPS) is 16.6. The van der Waals surface area contributed by atoms with Crippen LogP contribution in [-0.4, -0.2) is 35.5 Å². The van der Waals surface area contributed by atoms with Crippen LogP contribution in [0.3, 0.4) is 0 Å². The molecule has 0 aliphatic carbocycles. The van der Waals surface area contributed by atoms with Crippen molar-refractivity contribution in [3.8, 4) is 16.5 Å². The zero-order valence-corrected chi connectivity index (χ0v) is 20.5. The zero-order valence-electron chi connectivity index (χ0n) is 19.6. The number of esters is 1. The van der Waals surface area contributed by atoms with Crippen LogP contribution in [0.2, 0.25) is 0 Å². The lowest BCUT2D eigenvalue weighted by molar-refractivity contribution is -0.150. The monoisotopic (exact) mass is 468 g/mol. The molecule has 1 saturated heterocycles. The van der Waals surface area contributed by atoms with Gasteiger partial charge in [0.15, 0.2) is 0 Å². The van der Waals surface area contributed by atoms with Crippen molar-refractivity contribution >= 4 is 17.3 Å². The van der Waals surface area contributed by atoms with Gasteiger partial charge >= 0.3 is 5.97 Å². The summed E-state index contributed by atoms with van der Waals surface area (Å²) in [4.78, 5) is 20.1. The highest BCUT2D eigenvalue weighted by molar-refractivity contribution is 7.13. The number of benzene rings is 1. The number of piperidine rings is 1. The number of nitrogens with zero attached hydrogens (tertiary/aromatic N) is 2. The molecule has 1 aliphatic heterocycles. The van der Waals surface area contributed by atoms with Gasteiger partial charge in [0.1, 0.15) is 23.8 Å². The smallest absolute Gasteiger partial charge is 0.310 e. The summed E-state index contributed by atoms with van der Waals surface area (Å²) in [5.74, 6) is 2.23. The van der Waals surface area contributed by atoms with Crippen molar-refractivity contribution in [2.75, 3.05) is 19.7 Å². The maximum atomic E-state index is 12.1. The number of thiophene rings is 1. The molecule has 1 unspecified atom stereocenters. The molecule has 176 valence electrons. The Kier molecular flexibility index (Phi) is 7.83. The Labute approximate surface area is 199 Å². The number of rotatable bonds is 9. The lowest BCUT2D eigenvalue weighted by Crippen LogP contribution is -2.38. The van der Waals surface area contributed by atoms with E-state index in [0.29, 0.717) is 19.1 Å². The van der Waals surface area contributed by atoms with E-state index in [2.05, 4.69) is 35.0 Å². The summed E-state index contributed by atoms with van der Waals surface area (Å²) < 4.78 is 17.2. The first-order valence-corrected chi connectivity index (χ1v) is 12.6. The highest BCUT2D eigenvalue weighted by Crippen LogP contribution is 2.28. The molecule has 3 heterocycles. The molecule has 4 rings (SSSR count). The van der Waals surface area contributed by atoms with Crippen LogP contribution in [0.5, 0.6) is 5.75 Å². The highest BCUT2D eigenvalue weighted by Gasteiger charge is 2.26. The van der Waals surface area contributed by atoms with Crippen LogP contribution in [0, 0.1) is 12.8 Å². The van der Waals surface area contributed by atoms with E-state index in [0.717, 1.165) is 61.0 Å². The average molecular weight is 469 g/mol. The number of carbonyl (C=O) groups excluding carboxylic acids is 1. The van der Waals surface area contributed by atoms with Crippen molar-refractivity contribution < 1.29 is 18.7 Å². The molecule has 0 bridgehead atoms. The third-order valence-corrected chi connectivity index (χ3v) is 6.88. The summed E-state index contributed by atoms with van der Waals surface area (Å²) in [5, 5.41) is 2.01. The second kappa shape index (κ2) is 11.0. The molecule has 0 N–H and O–H groups in total. The SMILES string of the molecule is CCOC(=O)C1CCCN(Cc2ccc(OCc3nc(-c4cccs4)oc3C)c(CC)c2)C1. The molecule has 0 radical (unpaired) electrons. The second-order valence-electron chi connectivity index (χ2n) is 8.41. The summed E-state index contributed by atoms with van der Waals surface area (Å²) in [6.45, 7) is 9.34. The van der Waals surface area contributed by atoms with E-state index >= 15 is 0 Å². The van der Waals surface area contributed by atoms with E-state index in [4.69, 9.17) is 13.9 Å². The standard InChI is InChI=1S/C26H32N2O4S/c1-4-20-14-19(15-28-12-6-8-21(16-28)26(29)30-5-2)10-11-23(20)31-17-22-18(3)32-25(27-22)24-9-7-13-33-24/h7,9-11,13-14,21H,4-6,8,12,15-17H2,1-3H3. The Balaban J connectivity index is 1.38. The van der Waals surface area contributed by atoms with Gasteiger partial charge in [0.2, 0.25) is 5.89 Å². The van der Waals surface area contributed by atoms with Crippen molar-refractivity contribution in [2.24, 2.45) is 5.92 Å². The molecule has 0 saturated carbocycles. The Bertz CT molecular complexity index is 1060. The lowest BCUT2D eigenvalue weighted by atomic mass is 9.97. The van der Waals surface area contributed by atoms with Crippen LogP contribution in [-0.2, 0) is 29.1 Å². The molecule has 1 aliphatic rings. The summed E-state index contributed by atoms with van der Waals surface area (Å²) in [5.41, 5.74) is 3.23. The number of carbonyl (C=O) groups is 1. The molecule has 7 heteroatoms. The maximum absolute atomic E-state index is 12.1.